The van der Waals surface area contributed by atoms with Crippen LogP contribution in [-0.2, 0) is 17.7 Å². The normalized spacial score (nSPS) is 20.1. The third-order valence-electron chi connectivity index (χ3n) is 6.58. The average Bonchev–Trinajstić information content (AvgIpc) is 2.91. The molecule has 0 aromatic heterocycles. The molecule has 0 amide bonds. The van der Waals surface area contributed by atoms with E-state index in [1.165, 1.54) is 0 Å². The van der Waals surface area contributed by atoms with E-state index in [-0.39, 0.29) is 12.6 Å². The van der Waals surface area contributed by atoms with E-state index in [1.54, 1.807) is 13.8 Å². The summed E-state index contributed by atoms with van der Waals surface area (Å²) >= 11 is 0. The quantitative estimate of drug-likeness (QED) is 0.360. The molecule has 1 aliphatic rings. The summed E-state index contributed by atoms with van der Waals surface area (Å²) in [5, 5.41) is 19.9. The molecule has 2 aromatic rings. The second-order valence-corrected chi connectivity index (χ2v) is 12.8. The van der Waals surface area contributed by atoms with E-state index in [2.05, 4.69) is 43.9 Å². The zero-order chi connectivity index (χ0) is 26.7. The monoisotopic (exact) mass is 532 g/mol. The Bertz CT molecular complexity index is 884. The van der Waals surface area contributed by atoms with Gasteiger partial charge in [0.25, 0.3) is 0 Å². The van der Waals surface area contributed by atoms with Gasteiger partial charge in [0.05, 0.1) is 24.8 Å². The zero-order valence-electron chi connectivity index (χ0n) is 22.4. The minimum Gasteiger partial charge on any atom is -0.392 e. The maximum absolute atomic E-state index is 13.6. The SMILES string of the molecule is C[C@H](O)CN1CCN(C[C@H](C)O)CCN(CP(=O)(O)CN(Cc2ccccc2)Cc2ccccc2)CC1. The number of rotatable bonds is 12. The molecule has 8 nitrogen and oxygen atoms in total. The highest BCUT2D eigenvalue weighted by atomic mass is 31.2. The number of aliphatic hydroxyl groups excluding tert-OH is 2. The van der Waals surface area contributed by atoms with Crippen molar-refractivity contribution >= 4 is 7.37 Å². The Morgan fingerprint density at radius 1 is 0.730 bits per heavy atom. The van der Waals surface area contributed by atoms with Gasteiger partial charge in [0.1, 0.15) is 0 Å². The van der Waals surface area contributed by atoms with E-state index in [0.717, 1.165) is 37.3 Å². The van der Waals surface area contributed by atoms with Crippen molar-refractivity contribution in [3.8, 4) is 0 Å². The summed E-state index contributed by atoms with van der Waals surface area (Å²) in [6, 6.07) is 20.1. The van der Waals surface area contributed by atoms with Crippen molar-refractivity contribution < 1.29 is 19.7 Å². The maximum atomic E-state index is 13.6. The molecule has 0 bridgehead atoms. The van der Waals surface area contributed by atoms with Crippen LogP contribution in [0.15, 0.2) is 60.7 Å². The number of hydrogen-bond acceptors (Lipinski definition) is 7. The van der Waals surface area contributed by atoms with Crippen LogP contribution >= 0.6 is 7.37 Å². The topological polar surface area (TPSA) is 90.7 Å². The second-order valence-electron chi connectivity index (χ2n) is 10.5. The molecule has 9 heteroatoms. The Morgan fingerprint density at radius 2 is 1.11 bits per heavy atom. The molecule has 0 radical (unpaired) electrons. The van der Waals surface area contributed by atoms with Crippen LogP contribution in [0.2, 0.25) is 0 Å². The number of benzene rings is 2. The van der Waals surface area contributed by atoms with Crippen LogP contribution in [0, 0.1) is 0 Å². The molecule has 3 rings (SSSR count). The highest BCUT2D eigenvalue weighted by Gasteiger charge is 2.27. The molecular weight excluding hydrogens is 487 g/mol. The number of β-amino-alcohol motifs (C(OH)–C–C–N with tert-alkyl or cyclic N) is 2. The van der Waals surface area contributed by atoms with Crippen LogP contribution in [0.1, 0.15) is 25.0 Å². The summed E-state index contributed by atoms with van der Waals surface area (Å²) in [5.41, 5.74) is 2.23. The van der Waals surface area contributed by atoms with Gasteiger partial charge < -0.3 is 15.1 Å². The Balaban J connectivity index is 1.70. The van der Waals surface area contributed by atoms with Crippen LogP contribution < -0.4 is 0 Å². The van der Waals surface area contributed by atoms with Crippen LogP contribution in [0.4, 0.5) is 0 Å². The van der Waals surface area contributed by atoms with Crippen molar-refractivity contribution in [2.75, 3.05) is 64.9 Å². The van der Waals surface area contributed by atoms with E-state index in [9.17, 15) is 19.7 Å². The van der Waals surface area contributed by atoms with Gasteiger partial charge in [-0.25, -0.2) is 0 Å². The van der Waals surface area contributed by atoms with E-state index in [0.29, 0.717) is 39.3 Å². The summed E-state index contributed by atoms with van der Waals surface area (Å²) in [4.78, 5) is 19.8. The highest BCUT2D eigenvalue weighted by molar-refractivity contribution is 7.57. The number of aliphatic hydroxyl groups is 2. The van der Waals surface area contributed by atoms with Gasteiger partial charge >= 0.3 is 0 Å². The van der Waals surface area contributed by atoms with Crippen LogP contribution in [-0.4, -0.2) is 112 Å². The van der Waals surface area contributed by atoms with Gasteiger partial charge in [-0.2, -0.15) is 0 Å². The number of hydrogen-bond donors (Lipinski definition) is 3. The van der Waals surface area contributed by atoms with Crippen LogP contribution in [0.3, 0.4) is 0 Å². The first kappa shape index (κ1) is 29.9. The summed E-state index contributed by atoms with van der Waals surface area (Å²) < 4.78 is 13.6. The molecule has 3 atom stereocenters. The van der Waals surface area contributed by atoms with Gasteiger partial charge in [0.15, 0.2) is 0 Å². The largest absolute Gasteiger partial charge is 0.392 e. The molecule has 0 saturated carbocycles. The maximum Gasteiger partial charge on any atom is 0.227 e. The lowest BCUT2D eigenvalue weighted by Crippen LogP contribution is -2.41. The molecule has 1 fully saturated rings. The van der Waals surface area contributed by atoms with Gasteiger partial charge in [0, 0.05) is 65.4 Å². The summed E-state index contributed by atoms with van der Waals surface area (Å²) in [6.07, 6.45) is -0.638. The van der Waals surface area contributed by atoms with E-state index >= 15 is 0 Å². The van der Waals surface area contributed by atoms with E-state index < -0.39 is 19.6 Å². The molecule has 0 aliphatic carbocycles. The molecule has 1 aliphatic heterocycles. The third-order valence-corrected chi connectivity index (χ3v) is 8.27. The molecule has 37 heavy (non-hydrogen) atoms. The lowest BCUT2D eigenvalue weighted by Gasteiger charge is -2.30. The molecule has 3 N–H and O–H groups in total. The van der Waals surface area contributed by atoms with Crippen molar-refractivity contribution in [2.45, 2.75) is 39.1 Å². The van der Waals surface area contributed by atoms with Crippen LogP contribution in [0.5, 0.6) is 0 Å². The Kier molecular flexibility index (Phi) is 12.2. The Hall–Kier alpha value is -1.61. The van der Waals surface area contributed by atoms with Gasteiger partial charge in [-0.1, -0.05) is 60.7 Å². The lowest BCUT2D eigenvalue weighted by atomic mass is 10.2. The first-order chi connectivity index (χ1) is 17.7. The fourth-order valence-corrected chi connectivity index (χ4v) is 6.77. The van der Waals surface area contributed by atoms with Crippen molar-refractivity contribution in [1.82, 2.24) is 19.6 Å². The van der Waals surface area contributed by atoms with Gasteiger partial charge in [-0.15, -0.1) is 0 Å². The van der Waals surface area contributed by atoms with E-state index in [4.69, 9.17) is 0 Å². The molecule has 1 unspecified atom stereocenters. The predicted molar refractivity (Wildman–Crippen MR) is 150 cm³/mol. The van der Waals surface area contributed by atoms with Crippen molar-refractivity contribution in [3.05, 3.63) is 71.8 Å². The third kappa shape index (κ3) is 11.8. The first-order valence-electron chi connectivity index (χ1n) is 13.3. The van der Waals surface area contributed by atoms with Crippen molar-refractivity contribution in [3.63, 3.8) is 0 Å². The molecular formula is C28H45N4O4P. The first-order valence-corrected chi connectivity index (χ1v) is 15.4. The smallest absolute Gasteiger partial charge is 0.227 e. The standard InChI is InChI=1S/C28H45N4O4P/c1-25(33)19-29-13-14-30(20-26(2)34)16-18-31(17-15-29)23-37(35,36)24-32(21-27-9-5-3-6-10-27)22-28-11-7-4-8-12-28/h3-12,25-26,33-34H,13-24H2,1-2H3,(H,35,36)/t25-,26-/m0/s1. The Morgan fingerprint density at radius 3 is 1.49 bits per heavy atom. The minimum atomic E-state index is -3.52. The van der Waals surface area contributed by atoms with Crippen molar-refractivity contribution in [1.29, 1.82) is 0 Å². The summed E-state index contributed by atoms with van der Waals surface area (Å²) in [5.74, 6) is 0. The fourth-order valence-electron chi connectivity index (χ4n) is 4.95. The van der Waals surface area contributed by atoms with Gasteiger partial charge in [-0.3, -0.25) is 24.2 Å². The average molecular weight is 533 g/mol. The second kappa shape index (κ2) is 15.1. The minimum absolute atomic E-state index is 0.113. The predicted octanol–water partition coefficient (Wildman–Crippen LogP) is 2.56. The molecule has 2 aromatic carbocycles. The lowest BCUT2D eigenvalue weighted by molar-refractivity contribution is 0.102. The Labute approximate surface area is 222 Å². The fraction of sp³-hybridized carbons (Fsp3) is 0.571. The summed E-state index contributed by atoms with van der Waals surface area (Å²) in [6.45, 7) is 10.3. The van der Waals surface area contributed by atoms with Gasteiger partial charge in [-0.05, 0) is 25.0 Å². The van der Waals surface area contributed by atoms with Crippen LogP contribution in [0.25, 0.3) is 0 Å². The van der Waals surface area contributed by atoms with E-state index in [1.807, 2.05) is 36.4 Å². The van der Waals surface area contributed by atoms with Crippen molar-refractivity contribution in [2.24, 2.45) is 0 Å². The zero-order valence-corrected chi connectivity index (χ0v) is 23.3. The molecule has 0 spiro atoms. The molecule has 1 heterocycles. The summed E-state index contributed by atoms with van der Waals surface area (Å²) in [7, 11) is -3.52. The molecule has 206 valence electrons. The number of nitrogens with zero attached hydrogens (tertiary/aromatic N) is 4. The van der Waals surface area contributed by atoms with Gasteiger partial charge in [0.2, 0.25) is 7.37 Å². The highest BCUT2D eigenvalue weighted by Crippen LogP contribution is 2.42. The molecule has 1 saturated heterocycles.